The van der Waals surface area contributed by atoms with Crippen molar-refractivity contribution in [3.8, 4) is 11.3 Å². The molecule has 0 spiro atoms. The van der Waals surface area contributed by atoms with Crippen molar-refractivity contribution in [2.45, 2.75) is 6.92 Å². The highest BCUT2D eigenvalue weighted by Gasteiger charge is 2.09. The van der Waals surface area contributed by atoms with Crippen LogP contribution in [-0.2, 0) is 7.05 Å². The summed E-state index contributed by atoms with van der Waals surface area (Å²) in [6.45, 7) is 2.07. The molecule has 0 atom stereocenters. The molecule has 0 N–H and O–H groups in total. The molecule has 1 aromatic carbocycles. The Morgan fingerprint density at radius 2 is 1.76 bits per heavy atom. The van der Waals surface area contributed by atoms with Crippen LogP contribution in [0.15, 0.2) is 36.9 Å². The van der Waals surface area contributed by atoms with Crippen LogP contribution in [0.3, 0.4) is 0 Å². The molecule has 17 heavy (non-hydrogen) atoms. The van der Waals surface area contributed by atoms with Gasteiger partial charge in [-0.25, -0.2) is 15.0 Å². The zero-order valence-corrected chi connectivity index (χ0v) is 9.75. The lowest BCUT2D eigenvalue weighted by Gasteiger charge is -2.02. The van der Waals surface area contributed by atoms with Crippen molar-refractivity contribution in [3.63, 3.8) is 0 Å². The van der Waals surface area contributed by atoms with E-state index in [1.165, 1.54) is 5.56 Å². The molecule has 84 valence electrons. The van der Waals surface area contributed by atoms with Gasteiger partial charge >= 0.3 is 0 Å². The van der Waals surface area contributed by atoms with Crippen molar-refractivity contribution in [2.75, 3.05) is 0 Å². The molecular formula is C13H12N4. The van der Waals surface area contributed by atoms with Crippen molar-refractivity contribution in [3.05, 3.63) is 42.5 Å². The van der Waals surface area contributed by atoms with Crippen LogP contribution in [-0.4, -0.2) is 19.5 Å². The SMILES string of the molecule is Cc1ccc(-c2ncnc3c2ncn3C)cc1. The molecule has 0 aliphatic rings. The lowest BCUT2D eigenvalue weighted by atomic mass is 10.1. The van der Waals surface area contributed by atoms with Crippen LogP contribution in [0, 0.1) is 6.92 Å². The van der Waals surface area contributed by atoms with Crippen LogP contribution in [0.1, 0.15) is 5.56 Å². The molecule has 0 aliphatic carbocycles. The average molecular weight is 224 g/mol. The number of benzene rings is 1. The van der Waals surface area contributed by atoms with E-state index in [0.717, 1.165) is 22.4 Å². The van der Waals surface area contributed by atoms with Gasteiger partial charge in [0, 0.05) is 12.6 Å². The van der Waals surface area contributed by atoms with Gasteiger partial charge in [0.25, 0.3) is 0 Å². The van der Waals surface area contributed by atoms with Crippen molar-refractivity contribution < 1.29 is 0 Å². The third-order valence-electron chi connectivity index (χ3n) is 2.82. The monoisotopic (exact) mass is 224 g/mol. The summed E-state index contributed by atoms with van der Waals surface area (Å²) in [7, 11) is 1.93. The lowest BCUT2D eigenvalue weighted by molar-refractivity contribution is 0.928. The molecule has 0 saturated heterocycles. The molecule has 4 heteroatoms. The number of aryl methyl sites for hydroxylation is 2. The normalized spacial score (nSPS) is 10.9. The Hall–Kier alpha value is -2.23. The molecule has 3 rings (SSSR count). The molecule has 2 aromatic heterocycles. The highest BCUT2D eigenvalue weighted by Crippen LogP contribution is 2.23. The summed E-state index contributed by atoms with van der Waals surface area (Å²) >= 11 is 0. The Morgan fingerprint density at radius 1 is 1.00 bits per heavy atom. The summed E-state index contributed by atoms with van der Waals surface area (Å²) in [6, 6.07) is 8.27. The van der Waals surface area contributed by atoms with E-state index in [-0.39, 0.29) is 0 Å². The second kappa shape index (κ2) is 3.66. The van der Waals surface area contributed by atoms with Crippen LogP contribution in [0.2, 0.25) is 0 Å². The zero-order chi connectivity index (χ0) is 11.8. The summed E-state index contributed by atoms with van der Waals surface area (Å²) in [5, 5.41) is 0. The average Bonchev–Trinajstić information content (AvgIpc) is 2.73. The minimum absolute atomic E-state index is 0.846. The number of nitrogens with zero attached hydrogens (tertiary/aromatic N) is 4. The number of aromatic nitrogens is 4. The van der Waals surface area contributed by atoms with Gasteiger partial charge in [-0.15, -0.1) is 0 Å². The standard InChI is InChI=1S/C13H12N4/c1-9-3-5-10(6-4-9)11-12-13(15-7-14-11)17(2)8-16-12/h3-8H,1-2H3. The van der Waals surface area contributed by atoms with Crippen LogP contribution in [0.4, 0.5) is 0 Å². The first-order valence-corrected chi connectivity index (χ1v) is 5.45. The van der Waals surface area contributed by atoms with Gasteiger partial charge in [-0.3, -0.25) is 0 Å². The maximum Gasteiger partial charge on any atom is 0.163 e. The molecule has 2 heterocycles. The molecule has 0 unspecified atom stereocenters. The van der Waals surface area contributed by atoms with E-state index in [1.807, 2.05) is 11.6 Å². The van der Waals surface area contributed by atoms with Gasteiger partial charge in [0.05, 0.1) is 6.33 Å². The largest absolute Gasteiger partial charge is 0.318 e. The van der Waals surface area contributed by atoms with Crippen LogP contribution in [0.25, 0.3) is 22.4 Å². The second-order valence-corrected chi connectivity index (χ2v) is 4.12. The predicted molar refractivity (Wildman–Crippen MR) is 66.5 cm³/mol. The van der Waals surface area contributed by atoms with Gasteiger partial charge in [0.15, 0.2) is 5.65 Å². The van der Waals surface area contributed by atoms with E-state index in [0.29, 0.717) is 0 Å². The van der Waals surface area contributed by atoms with Crippen LogP contribution in [0.5, 0.6) is 0 Å². The van der Waals surface area contributed by atoms with E-state index >= 15 is 0 Å². The molecule has 4 nitrogen and oxygen atoms in total. The minimum atomic E-state index is 0.846. The second-order valence-electron chi connectivity index (χ2n) is 4.12. The quantitative estimate of drug-likeness (QED) is 0.637. The van der Waals surface area contributed by atoms with E-state index in [1.54, 1.807) is 12.7 Å². The Morgan fingerprint density at radius 3 is 2.53 bits per heavy atom. The molecule has 3 aromatic rings. The maximum absolute atomic E-state index is 4.35. The summed E-state index contributed by atoms with van der Waals surface area (Å²) < 4.78 is 1.90. The number of hydrogen-bond donors (Lipinski definition) is 0. The zero-order valence-electron chi connectivity index (χ0n) is 9.75. The number of hydrogen-bond acceptors (Lipinski definition) is 3. The van der Waals surface area contributed by atoms with Gasteiger partial charge in [0.1, 0.15) is 17.5 Å². The maximum atomic E-state index is 4.35. The molecule has 0 fully saturated rings. The Bertz CT molecular complexity index is 667. The highest BCUT2D eigenvalue weighted by molar-refractivity contribution is 5.86. The molecular weight excluding hydrogens is 212 g/mol. The minimum Gasteiger partial charge on any atom is -0.318 e. The van der Waals surface area contributed by atoms with Gasteiger partial charge in [-0.05, 0) is 6.92 Å². The van der Waals surface area contributed by atoms with Gasteiger partial charge in [0.2, 0.25) is 0 Å². The third kappa shape index (κ3) is 1.58. The van der Waals surface area contributed by atoms with Crippen LogP contribution < -0.4 is 0 Å². The van der Waals surface area contributed by atoms with Crippen molar-refractivity contribution in [1.82, 2.24) is 19.5 Å². The number of imidazole rings is 1. The lowest BCUT2D eigenvalue weighted by Crippen LogP contribution is -1.91. The highest BCUT2D eigenvalue weighted by atomic mass is 15.1. The molecule has 0 amide bonds. The van der Waals surface area contributed by atoms with E-state index in [2.05, 4.69) is 46.1 Å². The first kappa shape index (κ1) is 9.96. The Balaban J connectivity index is 2.26. The van der Waals surface area contributed by atoms with Crippen molar-refractivity contribution in [2.24, 2.45) is 7.05 Å². The molecule has 0 saturated carbocycles. The smallest absolute Gasteiger partial charge is 0.163 e. The summed E-state index contributed by atoms with van der Waals surface area (Å²) in [5.74, 6) is 0. The topological polar surface area (TPSA) is 43.6 Å². The fourth-order valence-corrected chi connectivity index (χ4v) is 1.87. The number of fused-ring (bicyclic) bond motifs is 1. The molecule has 0 bridgehead atoms. The summed E-state index contributed by atoms with van der Waals surface area (Å²) in [5.41, 5.74) is 4.90. The number of rotatable bonds is 1. The van der Waals surface area contributed by atoms with Crippen LogP contribution >= 0.6 is 0 Å². The fourth-order valence-electron chi connectivity index (χ4n) is 1.87. The van der Waals surface area contributed by atoms with Crippen molar-refractivity contribution >= 4 is 11.2 Å². The van der Waals surface area contributed by atoms with Crippen molar-refractivity contribution in [1.29, 1.82) is 0 Å². The first-order chi connectivity index (χ1) is 8.25. The molecule has 0 aliphatic heterocycles. The third-order valence-corrected chi connectivity index (χ3v) is 2.82. The summed E-state index contributed by atoms with van der Waals surface area (Å²) in [4.78, 5) is 12.9. The Kier molecular flexibility index (Phi) is 2.14. The van der Waals surface area contributed by atoms with Gasteiger partial charge < -0.3 is 4.57 Å². The molecule has 0 radical (unpaired) electrons. The first-order valence-electron chi connectivity index (χ1n) is 5.45. The van der Waals surface area contributed by atoms with E-state index in [4.69, 9.17) is 0 Å². The van der Waals surface area contributed by atoms with E-state index < -0.39 is 0 Å². The van der Waals surface area contributed by atoms with Gasteiger partial charge in [-0.2, -0.15) is 0 Å². The Labute approximate surface area is 99.0 Å². The van der Waals surface area contributed by atoms with Gasteiger partial charge in [-0.1, -0.05) is 29.8 Å². The summed E-state index contributed by atoms with van der Waals surface area (Å²) in [6.07, 6.45) is 3.34. The fraction of sp³-hybridized carbons (Fsp3) is 0.154. The predicted octanol–water partition coefficient (Wildman–Crippen LogP) is 2.34. The van der Waals surface area contributed by atoms with E-state index in [9.17, 15) is 0 Å².